The van der Waals surface area contributed by atoms with Gasteiger partial charge in [-0.15, -0.1) is 0 Å². The summed E-state index contributed by atoms with van der Waals surface area (Å²) in [7, 11) is 0. The molecule has 0 aromatic carbocycles. The molecule has 0 aromatic heterocycles. The third-order valence-corrected chi connectivity index (χ3v) is 2.99. The number of hydrogen-bond donors (Lipinski definition) is 0. The highest BCUT2D eigenvalue weighted by Gasteiger charge is 2.26. The Morgan fingerprint density at radius 2 is 1.70 bits per heavy atom. The highest BCUT2D eigenvalue weighted by Crippen LogP contribution is 2.40. The lowest BCUT2D eigenvalue weighted by Gasteiger charge is -2.34. The second-order valence-corrected chi connectivity index (χ2v) is 3.90. The largest absolute Gasteiger partial charge is 0.0996 e. The van der Waals surface area contributed by atoms with Gasteiger partial charge in [0, 0.05) is 0 Å². The van der Waals surface area contributed by atoms with Crippen LogP contribution in [0, 0.1) is 5.41 Å². The van der Waals surface area contributed by atoms with Crippen LogP contribution in [-0.4, -0.2) is 0 Å². The zero-order valence-electron chi connectivity index (χ0n) is 7.24. The molecule has 1 aliphatic carbocycles. The van der Waals surface area contributed by atoms with E-state index in [1.807, 2.05) is 0 Å². The summed E-state index contributed by atoms with van der Waals surface area (Å²) in [4.78, 5) is 0. The van der Waals surface area contributed by atoms with E-state index < -0.39 is 0 Å². The van der Waals surface area contributed by atoms with Gasteiger partial charge < -0.3 is 0 Å². The minimum atomic E-state index is 0.484. The molecule has 0 atom stereocenters. The average molecular weight is 138 g/mol. The lowest BCUT2D eigenvalue weighted by molar-refractivity contribution is 0.268. The molecular weight excluding hydrogens is 120 g/mol. The van der Waals surface area contributed by atoms with Crippen LogP contribution in [0.2, 0.25) is 0 Å². The van der Waals surface area contributed by atoms with Gasteiger partial charge in [-0.25, -0.2) is 0 Å². The van der Waals surface area contributed by atoms with E-state index in [1.54, 1.807) is 0 Å². The molecule has 0 heteroatoms. The molecule has 58 valence electrons. The van der Waals surface area contributed by atoms with Crippen LogP contribution in [0.25, 0.3) is 0 Å². The van der Waals surface area contributed by atoms with Gasteiger partial charge in [-0.3, -0.25) is 0 Å². The third kappa shape index (κ3) is 1.42. The number of rotatable bonds is 1. The van der Waals surface area contributed by atoms with Crippen molar-refractivity contribution in [2.24, 2.45) is 5.41 Å². The van der Waals surface area contributed by atoms with Crippen molar-refractivity contribution >= 4 is 0 Å². The van der Waals surface area contributed by atoms with E-state index in [4.69, 9.17) is 0 Å². The van der Waals surface area contributed by atoms with Crippen molar-refractivity contribution in [3.8, 4) is 0 Å². The molecule has 10 heavy (non-hydrogen) atoms. The first-order valence-corrected chi connectivity index (χ1v) is 4.31. The molecule has 1 aliphatic rings. The second-order valence-electron chi connectivity index (χ2n) is 3.90. The van der Waals surface area contributed by atoms with Crippen molar-refractivity contribution in [1.29, 1.82) is 0 Å². The second kappa shape index (κ2) is 2.77. The van der Waals surface area contributed by atoms with Crippen LogP contribution in [0.4, 0.5) is 0 Å². The van der Waals surface area contributed by atoms with Gasteiger partial charge in [0.05, 0.1) is 0 Å². The first kappa shape index (κ1) is 7.84. The van der Waals surface area contributed by atoms with Crippen LogP contribution in [0.15, 0.2) is 12.2 Å². The number of hydrogen-bond acceptors (Lipinski definition) is 0. The van der Waals surface area contributed by atoms with Crippen molar-refractivity contribution < 1.29 is 0 Å². The Kier molecular flexibility index (Phi) is 2.18. The molecule has 0 unspecified atom stereocenters. The molecule has 0 spiro atoms. The highest BCUT2D eigenvalue weighted by molar-refractivity contribution is 5.06. The fourth-order valence-corrected chi connectivity index (χ4v) is 1.76. The molecule has 0 saturated heterocycles. The standard InChI is InChI=1S/C10H18/c1-9(2)10(3)7-5-4-6-8-10/h1,4-8H2,2-3H3. The third-order valence-electron chi connectivity index (χ3n) is 2.99. The Morgan fingerprint density at radius 3 is 2.00 bits per heavy atom. The Hall–Kier alpha value is -0.260. The summed E-state index contributed by atoms with van der Waals surface area (Å²) in [6.45, 7) is 8.58. The quantitative estimate of drug-likeness (QED) is 0.486. The summed E-state index contributed by atoms with van der Waals surface area (Å²) >= 11 is 0. The fourth-order valence-electron chi connectivity index (χ4n) is 1.76. The van der Waals surface area contributed by atoms with E-state index in [2.05, 4.69) is 20.4 Å². The van der Waals surface area contributed by atoms with Crippen LogP contribution in [-0.2, 0) is 0 Å². The lowest BCUT2D eigenvalue weighted by atomic mass is 9.72. The molecule has 0 amide bonds. The summed E-state index contributed by atoms with van der Waals surface area (Å²) < 4.78 is 0. The van der Waals surface area contributed by atoms with Crippen LogP contribution in [0.3, 0.4) is 0 Å². The molecule has 1 fully saturated rings. The zero-order chi connectivity index (χ0) is 7.61. The molecule has 0 radical (unpaired) electrons. The van der Waals surface area contributed by atoms with Crippen LogP contribution < -0.4 is 0 Å². The molecule has 0 bridgehead atoms. The van der Waals surface area contributed by atoms with Gasteiger partial charge in [0.25, 0.3) is 0 Å². The predicted octanol–water partition coefficient (Wildman–Crippen LogP) is 3.53. The van der Waals surface area contributed by atoms with Gasteiger partial charge in [0.1, 0.15) is 0 Å². The van der Waals surface area contributed by atoms with Gasteiger partial charge in [-0.05, 0) is 25.2 Å². The van der Waals surface area contributed by atoms with Crippen molar-refractivity contribution in [1.82, 2.24) is 0 Å². The average Bonchev–Trinajstić information content (AvgIpc) is 1.89. The summed E-state index contributed by atoms with van der Waals surface area (Å²) in [5.41, 5.74) is 1.87. The van der Waals surface area contributed by atoms with E-state index in [0.717, 1.165) is 0 Å². The Labute approximate surface area is 64.3 Å². The minimum absolute atomic E-state index is 0.484. The molecule has 1 saturated carbocycles. The Morgan fingerprint density at radius 1 is 1.20 bits per heavy atom. The summed E-state index contributed by atoms with van der Waals surface area (Å²) in [6.07, 6.45) is 6.97. The van der Waals surface area contributed by atoms with E-state index >= 15 is 0 Å². The van der Waals surface area contributed by atoms with E-state index in [9.17, 15) is 0 Å². The molecule has 0 aliphatic heterocycles. The summed E-state index contributed by atoms with van der Waals surface area (Å²) in [6, 6.07) is 0. The van der Waals surface area contributed by atoms with Gasteiger partial charge in [0.2, 0.25) is 0 Å². The van der Waals surface area contributed by atoms with E-state index in [-0.39, 0.29) is 0 Å². The topological polar surface area (TPSA) is 0 Å². The minimum Gasteiger partial charge on any atom is -0.0996 e. The SMILES string of the molecule is C=C(C)C1(C)CCCCC1. The molecule has 0 aromatic rings. The maximum Gasteiger partial charge on any atom is -0.0122 e. The smallest absolute Gasteiger partial charge is 0.0122 e. The van der Waals surface area contributed by atoms with Crippen molar-refractivity contribution in [2.75, 3.05) is 0 Å². The predicted molar refractivity (Wildman–Crippen MR) is 46.0 cm³/mol. The first-order valence-electron chi connectivity index (χ1n) is 4.31. The Balaban J connectivity index is 2.56. The molecule has 1 rings (SSSR count). The molecular formula is C10H18. The van der Waals surface area contributed by atoms with Crippen molar-refractivity contribution in [2.45, 2.75) is 46.0 Å². The summed E-state index contributed by atoms with van der Waals surface area (Å²) in [5.74, 6) is 0. The van der Waals surface area contributed by atoms with E-state index in [0.29, 0.717) is 5.41 Å². The van der Waals surface area contributed by atoms with Crippen LogP contribution in [0.5, 0.6) is 0 Å². The fraction of sp³-hybridized carbons (Fsp3) is 0.800. The highest BCUT2D eigenvalue weighted by atomic mass is 14.3. The van der Waals surface area contributed by atoms with E-state index in [1.165, 1.54) is 37.7 Å². The van der Waals surface area contributed by atoms with Gasteiger partial charge >= 0.3 is 0 Å². The van der Waals surface area contributed by atoms with Gasteiger partial charge in [0.15, 0.2) is 0 Å². The number of allylic oxidation sites excluding steroid dienone is 1. The van der Waals surface area contributed by atoms with Gasteiger partial charge in [-0.2, -0.15) is 0 Å². The maximum atomic E-state index is 4.05. The van der Waals surface area contributed by atoms with Crippen molar-refractivity contribution in [3.05, 3.63) is 12.2 Å². The zero-order valence-corrected chi connectivity index (χ0v) is 7.24. The molecule has 0 heterocycles. The summed E-state index contributed by atoms with van der Waals surface area (Å²) in [5, 5.41) is 0. The van der Waals surface area contributed by atoms with Crippen LogP contribution in [0.1, 0.15) is 46.0 Å². The maximum absolute atomic E-state index is 4.05. The first-order chi connectivity index (χ1) is 4.65. The lowest BCUT2D eigenvalue weighted by Crippen LogP contribution is -2.20. The van der Waals surface area contributed by atoms with Gasteiger partial charge in [-0.1, -0.05) is 38.3 Å². The van der Waals surface area contributed by atoms with Crippen molar-refractivity contribution in [3.63, 3.8) is 0 Å². The molecule has 0 N–H and O–H groups in total. The molecule has 0 nitrogen and oxygen atoms in total. The van der Waals surface area contributed by atoms with Crippen LogP contribution >= 0.6 is 0 Å². The monoisotopic (exact) mass is 138 g/mol. The Bertz CT molecular complexity index is 127. The normalized spacial score (nSPS) is 24.2.